The van der Waals surface area contributed by atoms with Crippen LogP contribution in [0.3, 0.4) is 0 Å². The van der Waals surface area contributed by atoms with Crippen LogP contribution in [0.5, 0.6) is 0 Å². The van der Waals surface area contributed by atoms with Crippen LogP contribution < -0.4 is 11.1 Å². The molecule has 84 valence electrons. The van der Waals surface area contributed by atoms with Crippen molar-refractivity contribution in [2.24, 2.45) is 5.73 Å². The van der Waals surface area contributed by atoms with E-state index in [9.17, 15) is 0 Å². The molecule has 0 fully saturated rings. The predicted octanol–water partition coefficient (Wildman–Crippen LogP) is 3.25. The first-order chi connectivity index (χ1) is 7.72. The van der Waals surface area contributed by atoms with Crippen molar-refractivity contribution < 1.29 is 0 Å². The van der Waals surface area contributed by atoms with E-state index in [1.54, 1.807) is 0 Å². The Balaban J connectivity index is 2.95. The normalized spacial score (nSPS) is 10.9. The Morgan fingerprint density at radius 3 is 2.69 bits per heavy atom. The maximum Gasteiger partial charge on any atom is 0.0542 e. The zero-order chi connectivity index (χ0) is 12.0. The molecule has 0 saturated heterocycles. The number of nitrogens with two attached hydrogens (primary N) is 1. The quantitative estimate of drug-likeness (QED) is 0.789. The topological polar surface area (TPSA) is 38.0 Å². The lowest BCUT2D eigenvalue weighted by Gasteiger charge is -2.12. The van der Waals surface area contributed by atoms with Gasteiger partial charge in [-0.2, -0.15) is 0 Å². The van der Waals surface area contributed by atoms with Gasteiger partial charge in [-0.05, 0) is 18.6 Å². The Bertz CT molecular complexity index is 417. The van der Waals surface area contributed by atoms with E-state index in [4.69, 9.17) is 5.73 Å². The van der Waals surface area contributed by atoms with Crippen molar-refractivity contribution in [3.8, 4) is 0 Å². The second-order valence-corrected chi connectivity index (χ2v) is 3.43. The highest BCUT2D eigenvalue weighted by molar-refractivity contribution is 5.75. The molecular weight excluding hydrogens is 196 g/mol. The number of rotatable bonds is 5. The molecule has 0 bridgehead atoms. The molecule has 16 heavy (non-hydrogen) atoms. The van der Waals surface area contributed by atoms with Gasteiger partial charge < -0.3 is 11.1 Å². The van der Waals surface area contributed by atoms with Crippen molar-refractivity contribution in [3.63, 3.8) is 0 Å². The Kier molecular flexibility index (Phi) is 4.40. The Hall–Kier alpha value is -1.96. The first kappa shape index (κ1) is 12.1. The van der Waals surface area contributed by atoms with E-state index in [0.29, 0.717) is 6.54 Å². The summed E-state index contributed by atoms with van der Waals surface area (Å²) in [4.78, 5) is 0. The number of allylic oxidation sites excluding steroid dienone is 1. The van der Waals surface area contributed by atoms with Crippen molar-refractivity contribution in [2.45, 2.75) is 6.92 Å². The molecule has 0 saturated carbocycles. The van der Waals surface area contributed by atoms with Crippen molar-refractivity contribution in [1.82, 2.24) is 0 Å². The van der Waals surface area contributed by atoms with Gasteiger partial charge in [-0.15, -0.1) is 0 Å². The number of anilines is 1. The first-order valence-corrected chi connectivity index (χ1v) is 5.25. The Morgan fingerprint density at radius 2 is 2.12 bits per heavy atom. The number of hydrogen-bond donors (Lipinski definition) is 2. The second kappa shape index (κ2) is 5.81. The van der Waals surface area contributed by atoms with Crippen LogP contribution >= 0.6 is 0 Å². The standard InChI is InChI=1S/C14H18N2/c1-4-11-8-7-9-14(13(11)6-3)16-10-12(15)5-2/h4-9,16H,1,3,10,15H2,2H3/b12-5-. The van der Waals surface area contributed by atoms with Gasteiger partial charge in [0.2, 0.25) is 0 Å². The van der Waals surface area contributed by atoms with E-state index in [-0.39, 0.29) is 0 Å². The van der Waals surface area contributed by atoms with Gasteiger partial charge in [-0.3, -0.25) is 0 Å². The van der Waals surface area contributed by atoms with E-state index < -0.39 is 0 Å². The largest absolute Gasteiger partial charge is 0.401 e. The van der Waals surface area contributed by atoms with Gasteiger partial charge in [-0.1, -0.05) is 43.5 Å². The molecule has 0 aliphatic heterocycles. The average Bonchev–Trinajstić information content (AvgIpc) is 2.34. The van der Waals surface area contributed by atoms with Crippen LogP contribution in [0.1, 0.15) is 18.1 Å². The molecule has 1 rings (SSSR count). The molecule has 2 nitrogen and oxygen atoms in total. The molecule has 0 aliphatic rings. The summed E-state index contributed by atoms with van der Waals surface area (Å²) in [6.45, 7) is 10.2. The fourth-order valence-corrected chi connectivity index (χ4v) is 1.44. The molecule has 3 N–H and O–H groups in total. The molecule has 0 aliphatic carbocycles. The fraction of sp³-hybridized carbons (Fsp3) is 0.143. The van der Waals surface area contributed by atoms with Crippen LogP contribution in [0.4, 0.5) is 5.69 Å². The Morgan fingerprint density at radius 1 is 1.38 bits per heavy atom. The minimum absolute atomic E-state index is 0.637. The lowest BCUT2D eigenvalue weighted by Crippen LogP contribution is -2.12. The van der Waals surface area contributed by atoms with Crippen LogP contribution in [0, 0.1) is 0 Å². The van der Waals surface area contributed by atoms with E-state index in [2.05, 4.69) is 18.5 Å². The van der Waals surface area contributed by atoms with Crippen molar-refractivity contribution in [1.29, 1.82) is 0 Å². The van der Waals surface area contributed by atoms with Crippen molar-refractivity contribution in [2.75, 3.05) is 11.9 Å². The molecule has 0 atom stereocenters. The summed E-state index contributed by atoms with van der Waals surface area (Å²) in [5, 5.41) is 3.28. The number of hydrogen-bond acceptors (Lipinski definition) is 2. The highest BCUT2D eigenvalue weighted by Crippen LogP contribution is 2.22. The summed E-state index contributed by atoms with van der Waals surface area (Å²) in [5.41, 5.74) is 9.70. The monoisotopic (exact) mass is 214 g/mol. The smallest absolute Gasteiger partial charge is 0.0542 e. The maximum absolute atomic E-state index is 5.74. The summed E-state index contributed by atoms with van der Waals surface area (Å²) in [6.07, 6.45) is 5.53. The lowest BCUT2D eigenvalue weighted by molar-refractivity contribution is 1.15. The van der Waals surface area contributed by atoms with Crippen LogP contribution in [0.15, 0.2) is 43.1 Å². The van der Waals surface area contributed by atoms with Crippen LogP contribution in [-0.2, 0) is 0 Å². The van der Waals surface area contributed by atoms with E-state index in [0.717, 1.165) is 22.5 Å². The molecular formula is C14H18N2. The third-order valence-corrected chi connectivity index (χ3v) is 2.42. The summed E-state index contributed by atoms with van der Waals surface area (Å²) in [7, 11) is 0. The number of nitrogens with one attached hydrogen (secondary N) is 1. The predicted molar refractivity (Wildman–Crippen MR) is 73.1 cm³/mol. The highest BCUT2D eigenvalue weighted by Gasteiger charge is 2.02. The average molecular weight is 214 g/mol. The van der Waals surface area contributed by atoms with Gasteiger partial charge in [0.1, 0.15) is 0 Å². The summed E-state index contributed by atoms with van der Waals surface area (Å²) in [5.74, 6) is 0. The SMILES string of the molecule is C=Cc1cccc(NC/C(N)=C/C)c1C=C. The summed E-state index contributed by atoms with van der Waals surface area (Å²) < 4.78 is 0. The van der Waals surface area contributed by atoms with E-state index >= 15 is 0 Å². The van der Waals surface area contributed by atoms with Crippen LogP contribution in [-0.4, -0.2) is 6.54 Å². The van der Waals surface area contributed by atoms with Gasteiger partial charge >= 0.3 is 0 Å². The fourth-order valence-electron chi connectivity index (χ4n) is 1.44. The molecule has 2 heteroatoms. The zero-order valence-electron chi connectivity index (χ0n) is 9.66. The molecule has 0 aromatic heterocycles. The van der Waals surface area contributed by atoms with E-state index in [1.165, 1.54) is 0 Å². The molecule has 0 spiro atoms. The van der Waals surface area contributed by atoms with Crippen molar-refractivity contribution in [3.05, 3.63) is 54.3 Å². The van der Waals surface area contributed by atoms with Crippen molar-refractivity contribution >= 4 is 17.8 Å². The molecule has 1 aromatic rings. The van der Waals surface area contributed by atoms with Crippen LogP contribution in [0.2, 0.25) is 0 Å². The minimum atomic E-state index is 0.637. The maximum atomic E-state index is 5.74. The lowest BCUT2D eigenvalue weighted by atomic mass is 10.1. The first-order valence-electron chi connectivity index (χ1n) is 5.25. The zero-order valence-corrected chi connectivity index (χ0v) is 9.66. The van der Waals surface area contributed by atoms with Gasteiger partial charge in [-0.25, -0.2) is 0 Å². The Labute approximate surface area is 97.2 Å². The van der Waals surface area contributed by atoms with Crippen LogP contribution in [0.25, 0.3) is 12.2 Å². The molecule has 0 radical (unpaired) electrons. The van der Waals surface area contributed by atoms with E-state index in [1.807, 2.05) is 43.4 Å². The highest BCUT2D eigenvalue weighted by atomic mass is 14.9. The molecule has 0 heterocycles. The summed E-state index contributed by atoms with van der Waals surface area (Å²) in [6, 6.07) is 6.00. The van der Waals surface area contributed by atoms with Gasteiger partial charge in [0.15, 0.2) is 0 Å². The van der Waals surface area contributed by atoms with Gasteiger partial charge in [0.25, 0.3) is 0 Å². The molecule has 0 unspecified atom stereocenters. The molecule has 1 aromatic carbocycles. The van der Waals surface area contributed by atoms with Gasteiger partial charge in [0, 0.05) is 16.9 Å². The second-order valence-electron chi connectivity index (χ2n) is 3.43. The third kappa shape index (κ3) is 2.76. The molecule has 0 amide bonds. The van der Waals surface area contributed by atoms with Gasteiger partial charge in [0.05, 0.1) is 6.54 Å². The minimum Gasteiger partial charge on any atom is -0.401 e. The third-order valence-electron chi connectivity index (χ3n) is 2.42. The summed E-state index contributed by atoms with van der Waals surface area (Å²) >= 11 is 0. The number of benzene rings is 1.